The molecule has 1 atom stereocenters. The second-order valence-electron chi connectivity index (χ2n) is 3.25. The van der Waals surface area contributed by atoms with Crippen LogP contribution in [-0.2, 0) is 9.53 Å². The average Bonchev–Trinajstić information content (AvgIpc) is 2.80. The van der Waals surface area contributed by atoms with E-state index < -0.39 is 12.0 Å². The molecule has 0 spiro atoms. The smallest absolute Gasteiger partial charge is 0.320 e. The van der Waals surface area contributed by atoms with Crippen LogP contribution in [0.3, 0.4) is 0 Å². The van der Waals surface area contributed by atoms with Crippen molar-refractivity contribution in [2.45, 2.75) is 25.3 Å². The van der Waals surface area contributed by atoms with Gasteiger partial charge >= 0.3 is 5.97 Å². The molecule has 4 heteroatoms. The van der Waals surface area contributed by atoms with Gasteiger partial charge in [-0.15, -0.1) is 0 Å². The summed E-state index contributed by atoms with van der Waals surface area (Å²) in [7, 11) is 0. The van der Waals surface area contributed by atoms with E-state index in [2.05, 4.69) is 0 Å². The van der Waals surface area contributed by atoms with E-state index in [1.54, 1.807) is 0 Å². The Morgan fingerprint density at radius 2 is 2.33 bits per heavy atom. The monoisotopic (exact) mass is 173 g/mol. The molecular formula is C8H15NO3. The molecule has 0 aliphatic heterocycles. The summed E-state index contributed by atoms with van der Waals surface area (Å²) in [5, 5.41) is 8.42. The van der Waals surface area contributed by atoms with E-state index in [0.717, 1.165) is 12.5 Å². The van der Waals surface area contributed by atoms with Gasteiger partial charge in [0.15, 0.2) is 0 Å². The first-order valence-corrected chi connectivity index (χ1v) is 4.26. The topological polar surface area (TPSA) is 72.5 Å². The van der Waals surface area contributed by atoms with Crippen LogP contribution in [0.2, 0.25) is 0 Å². The van der Waals surface area contributed by atoms with E-state index in [4.69, 9.17) is 15.6 Å². The van der Waals surface area contributed by atoms with Gasteiger partial charge in [0.1, 0.15) is 6.04 Å². The van der Waals surface area contributed by atoms with Crippen molar-refractivity contribution in [1.29, 1.82) is 0 Å². The standard InChI is InChI=1S/C8H15NO3/c9-7(8(10)11)3-4-12-5-6-1-2-6/h6-7H,1-5,9H2,(H,10,11)/t7-/m1/s1. The molecule has 1 fully saturated rings. The predicted octanol–water partition coefficient (Wildman–Crippen LogP) is 0.215. The highest BCUT2D eigenvalue weighted by atomic mass is 16.5. The van der Waals surface area contributed by atoms with Crippen LogP contribution in [0.25, 0.3) is 0 Å². The number of hydrogen-bond donors (Lipinski definition) is 2. The highest BCUT2D eigenvalue weighted by molar-refractivity contribution is 5.72. The molecule has 3 N–H and O–H groups in total. The molecule has 4 nitrogen and oxygen atoms in total. The van der Waals surface area contributed by atoms with Gasteiger partial charge in [-0.25, -0.2) is 0 Å². The van der Waals surface area contributed by atoms with Crippen LogP contribution in [0.15, 0.2) is 0 Å². The molecule has 1 saturated carbocycles. The van der Waals surface area contributed by atoms with Gasteiger partial charge in [0.2, 0.25) is 0 Å². The van der Waals surface area contributed by atoms with Crippen molar-refractivity contribution in [1.82, 2.24) is 0 Å². The second-order valence-corrected chi connectivity index (χ2v) is 3.25. The average molecular weight is 173 g/mol. The van der Waals surface area contributed by atoms with Crippen LogP contribution in [0.5, 0.6) is 0 Å². The minimum absolute atomic E-state index is 0.405. The second kappa shape index (κ2) is 4.42. The van der Waals surface area contributed by atoms with Crippen molar-refractivity contribution in [3.8, 4) is 0 Å². The summed E-state index contributed by atoms with van der Waals surface area (Å²) in [6, 6.07) is -0.774. The third-order valence-corrected chi connectivity index (χ3v) is 1.94. The fourth-order valence-electron chi connectivity index (χ4n) is 0.868. The van der Waals surface area contributed by atoms with Crippen molar-refractivity contribution in [3.63, 3.8) is 0 Å². The maximum atomic E-state index is 10.3. The molecule has 0 aromatic carbocycles. The highest BCUT2D eigenvalue weighted by Gasteiger charge is 2.21. The summed E-state index contributed by atoms with van der Waals surface area (Å²) in [4.78, 5) is 10.3. The molecule has 0 aromatic rings. The van der Waals surface area contributed by atoms with Gasteiger partial charge in [-0.3, -0.25) is 4.79 Å². The Morgan fingerprint density at radius 3 is 2.83 bits per heavy atom. The quantitative estimate of drug-likeness (QED) is 0.563. The van der Waals surface area contributed by atoms with E-state index in [-0.39, 0.29) is 0 Å². The number of carboxylic acids is 1. The van der Waals surface area contributed by atoms with Gasteiger partial charge in [-0.1, -0.05) is 0 Å². The molecule has 0 bridgehead atoms. The molecular weight excluding hydrogens is 158 g/mol. The maximum Gasteiger partial charge on any atom is 0.320 e. The Balaban J connectivity index is 1.89. The Bertz CT molecular complexity index is 156. The van der Waals surface area contributed by atoms with Crippen molar-refractivity contribution in [2.75, 3.05) is 13.2 Å². The number of nitrogens with two attached hydrogens (primary N) is 1. The molecule has 1 aliphatic carbocycles. The third-order valence-electron chi connectivity index (χ3n) is 1.94. The van der Waals surface area contributed by atoms with Gasteiger partial charge in [0.25, 0.3) is 0 Å². The summed E-state index contributed by atoms with van der Waals surface area (Å²) in [5.41, 5.74) is 5.27. The number of ether oxygens (including phenoxy) is 1. The van der Waals surface area contributed by atoms with Crippen LogP contribution in [0.4, 0.5) is 0 Å². The molecule has 0 aromatic heterocycles. The summed E-state index contributed by atoms with van der Waals surface area (Å²) >= 11 is 0. The zero-order chi connectivity index (χ0) is 8.97. The van der Waals surface area contributed by atoms with Crippen molar-refractivity contribution in [2.24, 2.45) is 11.7 Å². The third kappa shape index (κ3) is 3.69. The minimum atomic E-state index is -0.954. The van der Waals surface area contributed by atoms with Crippen molar-refractivity contribution >= 4 is 5.97 Å². The van der Waals surface area contributed by atoms with Gasteiger partial charge in [-0.2, -0.15) is 0 Å². The summed E-state index contributed by atoms with van der Waals surface area (Å²) in [6.07, 6.45) is 2.91. The Labute approximate surface area is 71.7 Å². The van der Waals surface area contributed by atoms with Gasteiger partial charge in [-0.05, 0) is 25.2 Å². The number of hydrogen-bond acceptors (Lipinski definition) is 3. The SMILES string of the molecule is N[C@H](CCOCC1CC1)C(=O)O. The number of carbonyl (C=O) groups is 1. The van der Waals surface area contributed by atoms with E-state index in [1.807, 2.05) is 0 Å². The molecule has 0 radical (unpaired) electrons. The molecule has 70 valence electrons. The summed E-state index contributed by atoms with van der Waals surface area (Å²) < 4.78 is 5.24. The molecule has 12 heavy (non-hydrogen) atoms. The van der Waals surface area contributed by atoms with E-state index in [9.17, 15) is 4.79 Å². The van der Waals surface area contributed by atoms with Crippen LogP contribution in [0.1, 0.15) is 19.3 Å². The summed E-state index contributed by atoms with van der Waals surface area (Å²) in [6.45, 7) is 1.23. The van der Waals surface area contributed by atoms with Crippen LogP contribution < -0.4 is 5.73 Å². The first kappa shape index (κ1) is 9.48. The minimum Gasteiger partial charge on any atom is -0.480 e. The molecule has 0 saturated heterocycles. The predicted molar refractivity (Wildman–Crippen MR) is 43.8 cm³/mol. The van der Waals surface area contributed by atoms with E-state index in [1.165, 1.54) is 12.8 Å². The highest BCUT2D eigenvalue weighted by Crippen LogP contribution is 2.28. The number of aliphatic carboxylic acids is 1. The summed E-state index contributed by atoms with van der Waals surface area (Å²) in [5.74, 6) is -0.226. The van der Waals surface area contributed by atoms with Gasteiger partial charge in [0, 0.05) is 13.2 Å². The first-order valence-electron chi connectivity index (χ1n) is 4.26. The molecule has 0 heterocycles. The van der Waals surface area contributed by atoms with Crippen LogP contribution in [-0.4, -0.2) is 30.3 Å². The molecule has 1 aliphatic rings. The Morgan fingerprint density at radius 1 is 1.67 bits per heavy atom. The Kier molecular flexibility index (Phi) is 3.49. The molecule has 1 rings (SSSR count). The lowest BCUT2D eigenvalue weighted by molar-refractivity contribution is -0.139. The van der Waals surface area contributed by atoms with Crippen LogP contribution >= 0.6 is 0 Å². The fraction of sp³-hybridized carbons (Fsp3) is 0.875. The zero-order valence-electron chi connectivity index (χ0n) is 7.03. The lowest BCUT2D eigenvalue weighted by Gasteiger charge is -2.06. The zero-order valence-corrected chi connectivity index (χ0v) is 7.03. The van der Waals surface area contributed by atoms with Gasteiger partial charge < -0.3 is 15.6 Å². The van der Waals surface area contributed by atoms with E-state index in [0.29, 0.717) is 13.0 Å². The first-order chi connectivity index (χ1) is 5.70. The lowest BCUT2D eigenvalue weighted by atomic mass is 10.2. The number of carboxylic acid groups (broad SMARTS) is 1. The molecule has 0 unspecified atom stereocenters. The van der Waals surface area contributed by atoms with E-state index >= 15 is 0 Å². The maximum absolute atomic E-state index is 10.3. The largest absolute Gasteiger partial charge is 0.480 e. The fourth-order valence-corrected chi connectivity index (χ4v) is 0.868. The van der Waals surface area contributed by atoms with Crippen molar-refractivity contribution < 1.29 is 14.6 Å². The number of rotatable bonds is 6. The van der Waals surface area contributed by atoms with Gasteiger partial charge in [0.05, 0.1) is 0 Å². The normalized spacial score (nSPS) is 19.1. The van der Waals surface area contributed by atoms with Crippen molar-refractivity contribution in [3.05, 3.63) is 0 Å². The lowest BCUT2D eigenvalue weighted by Crippen LogP contribution is -2.31. The Hall–Kier alpha value is -0.610. The van der Waals surface area contributed by atoms with Crippen LogP contribution in [0, 0.1) is 5.92 Å². The molecule has 0 amide bonds.